The molecule has 2 aromatic carbocycles. The molecule has 35 heavy (non-hydrogen) atoms. The van der Waals surface area contributed by atoms with Gasteiger partial charge >= 0.3 is 0 Å². The van der Waals surface area contributed by atoms with Gasteiger partial charge in [0, 0.05) is 36.2 Å². The van der Waals surface area contributed by atoms with Crippen molar-refractivity contribution in [1.82, 2.24) is 9.80 Å². The van der Waals surface area contributed by atoms with Crippen LogP contribution >= 0.6 is 11.3 Å². The molecule has 180 valence electrons. The third kappa shape index (κ3) is 7.72. The van der Waals surface area contributed by atoms with Crippen LogP contribution in [0.4, 0.5) is 10.1 Å². The quantitative estimate of drug-likeness (QED) is 0.162. The highest BCUT2D eigenvalue weighted by Gasteiger charge is 2.20. The number of nitro benzene ring substituents is 1. The van der Waals surface area contributed by atoms with E-state index in [1.165, 1.54) is 70.9 Å². The minimum Gasteiger partial charge on any atom is -0.332 e. The van der Waals surface area contributed by atoms with E-state index in [4.69, 9.17) is 0 Å². The van der Waals surface area contributed by atoms with Crippen molar-refractivity contribution in [3.8, 4) is 0 Å². The number of hydrogen-bond acceptors (Lipinski definition) is 5. The molecule has 0 fully saturated rings. The summed E-state index contributed by atoms with van der Waals surface area (Å²) in [7, 11) is 0. The Morgan fingerprint density at radius 3 is 2.34 bits per heavy atom. The fourth-order valence-corrected chi connectivity index (χ4v) is 3.98. The van der Waals surface area contributed by atoms with Gasteiger partial charge in [-0.1, -0.05) is 24.3 Å². The van der Waals surface area contributed by atoms with E-state index >= 15 is 0 Å². The first-order valence-electron chi connectivity index (χ1n) is 10.7. The molecule has 0 aliphatic carbocycles. The highest BCUT2D eigenvalue weighted by Crippen LogP contribution is 2.16. The molecule has 0 bridgehead atoms. The van der Waals surface area contributed by atoms with Crippen LogP contribution in [0, 0.1) is 15.9 Å². The Balaban J connectivity index is 1.72. The van der Waals surface area contributed by atoms with Crippen molar-refractivity contribution in [2.24, 2.45) is 0 Å². The number of hydrogen-bond donors (Lipinski definition) is 0. The van der Waals surface area contributed by atoms with E-state index in [1.807, 2.05) is 17.5 Å². The van der Waals surface area contributed by atoms with Gasteiger partial charge in [-0.15, -0.1) is 17.9 Å². The Morgan fingerprint density at radius 2 is 1.74 bits per heavy atom. The maximum Gasteiger partial charge on any atom is 0.269 e. The Morgan fingerprint density at radius 1 is 1.03 bits per heavy atom. The zero-order valence-corrected chi connectivity index (χ0v) is 19.7. The number of benzene rings is 2. The van der Waals surface area contributed by atoms with Gasteiger partial charge in [0.05, 0.1) is 11.5 Å². The topological polar surface area (TPSA) is 83.8 Å². The van der Waals surface area contributed by atoms with Gasteiger partial charge in [0.2, 0.25) is 11.8 Å². The van der Waals surface area contributed by atoms with Crippen molar-refractivity contribution in [2.45, 2.75) is 13.1 Å². The van der Waals surface area contributed by atoms with Gasteiger partial charge in [-0.3, -0.25) is 19.7 Å². The second kappa shape index (κ2) is 12.4. The van der Waals surface area contributed by atoms with Crippen LogP contribution in [-0.2, 0) is 22.7 Å². The van der Waals surface area contributed by atoms with E-state index in [9.17, 15) is 24.1 Å². The first kappa shape index (κ1) is 25.5. The number of non-ortho nitro benzene ring substituents is 1. The lowest BCUT2D eigenvalue weighted by Gasteiger charge is -2.26. The van der Waals surface area contributed by atoms with Crippen LogP contribution in [0.1, 0.15) is 16.0 Å². The van der Waals surface area contributed by atoms with Crippen molar-refractivity contribution in [1.29, 1.82) is 0 Å². The Bertz CT molecular complexity index is 1190. The Labute approximate surface area is 206 Å². The molecule has 1 aromatic heterocycles. The molecule has 0 radical (unpaired) electrons. The van der Waals surface area contributed by atoms with Crippen molar-refractivity contribution < 1.29 is 18.9 Å². The number of carbonyl (C=O) groups is 2. The third-order valence-corrected chi connectivity index (χ3v) is 5.94. The van der Waals surface area contributed by atoms with E-state index in [0.29, 0.717) is 12.1 Å². The predicted octanol–water partition coefficient (Wildman–Crippen LogP) is 5.05. The Hall–Kier alpha value is -4.11. The lowest BCUT2D eigenvalue weighted by molar-refractivity contribution is -0.384. The highest BCUT2D eigenvalue weighted by molar-refractivity contribution is 7.09. The van der Waals surface area contributed by atoms with E-state index in [0.717, 1.165) is 10.4 Å². The van der Waals surface area contributed by atoms with Gasteiger partial charge in [-0.25, -0.2) is 4.39 Å². The van der Waals surface area contributed by atoms with Crippen molar-refractivity contribution in [3.05, 3.63) is 117 Å². The fraction of sp³-hybridized carbons (Fsp3) is 0.154. The van der Waals surface area contributed by atoms with Gasteiger partial charge in [0.15, 0.2) is 0 Å². The normalized spacial score (nSPS) is 10.8. The van der Waals surface area contributed by atoms with Crippen LogP contribution < -0.4 is 0 Å². The van der Waals surface area contributed by atoms with E-state index in [1.54, 1.807) is 17.0 Å². The van der Waals surface area contributed by atoms with Crippen LogP contribution in [0.5, 0.6) is 0 Å². The molecule has 0 saturated heterocycles. The molecule has 0 spiro atoms. The molecule has 0 unspecified atom stereocenters. The molecule has 3 aromatic rings. The minimum absolute atomic E-state index is 0.0423. The van der Waals surface area contributed by atoms with Crippen molar-refractivity contribution in [3.63, 3.8) is 0 Å². The molecular formula is C26H24FN3O4S. The molecule has 2 amide bonds. The molecule has 3 rings (SSSR count). The highest BCUT2D eigenvalue weighted by atomic mass is 32.1. The number of carbonyl (C=O) groups excluding carboxylic acids is 2. The first-order chi connectivity index (χ1) is 16.9. The molecule has 9 heteroatoms. The fourth-order valence-electron chi connectivity index (χ4n) is 3.26. The summed E-state index contributed by atoms with van der Waals surface area (Å²) in [4.78, 5) is 40.3. The summed E-state index contributed by atoms with van der Waals surface area (Å²) in [5.74, 6) is -1.01. The maximum absolute atomic E-state index is 13.3. The number of nitro groups is 1. The second-order valence-electron chi connectivity index (χ2n) is 7.65. The van der Waals surface area contributed by atoms with Gasteiger partial charge in [0.1, 0.15) is 12.4 Å². The summed E-state index contributed by atoms with van der Waals surface area (Å²) < 4.78 is 13.3. The molecule has 0 N–H and O–H groups in total. The van der Waals surface area contributed by atoms with Crippen LogP contribution in [0.3, 0.4) is 0 Å². The third-order valence-electron chi connectivity index (χ3n) is 5.08. The van der Waals surface area contributed by atoms with E-state index in [2.05, 4.69) is 6.58 Å². The smallest absolute Gasteiger partial charge is 0.269 e. The summed E-state index contributed by atoms with van der Waals surface area (Å²) >= 11 is 1.52. The van der Waals surface area contributed by atoms with Gasteiger partial charge < -0.3 is 9.80 Å². The molecular weight excluding hydrogens is 469 g/mol. The van der Waals surface area contributed by atoms with Crippen LogP contribution in [0.2, 0.25) is 0 Å². The summed E-state index contributed by atoms with van der Waals surface area (Å²) in [6.07, 6.45) is 4.39. The van der Waals surface area contributed by atoms with Crippen LogP contribution in [0.25, 0.3) is 6.08 Å². The van der Waals surface area contributed by atoms with Gasteiger partial charge in [0.25, 0.3) is 5.69 Å². The molecule has 0 saturated carbocycles. The molecule has 0 aliphatic rings. The largest absolute Gasteiger partial charge is 0.332 e. The number of rotatable bonds is 11. The summed E-state index contributed by atoms with van der Waals surface area (Å²) in [6, 6.07) is 15.6. The van der Waals surface area contributed by atoms with Gasteiger partial charge in [-0.2, -0.15) is 0 Å². The summed E-state index contributed by atoms with van der Waals surface area (Å²) in [5, 5.41) is 12.7. The van der Waals surface area contributed by atoms with Crippen LogP contribution in [0.15, 0.2) is 84.8 Å². The SMILES string of the molecule is C=CCN(CC(=O)N(Cc1ccc(F)cc1)Cc1cccs1)C(=O)C=Cc1ccc([N+](=O)[O-])cc1. The zero-order chi connectivity index (χ0) is 25.2. The van der Waals surface area contributed by atoms with E-state index in [-0.39, 0.29) is 37.0 Å². The second-order valence-corrected chi connectivity index (χ2v) is 8.68. The molecule has 7 nitrogen and oxygen atoms in total. The average Bonchev–Trinajstić information content (AvgIpc) is 3.36. The molecule has 0 atom stereocenters. The van der Waals surface area contributed by atoms with Crippen molar-refractivity contribution in [2.75, 3.05) is 13.1 Å². The number of thiophene rings is 1. The zero-order valence-electron chi connectivity index (χ0n) is 18.9. The van der Waals surface area contributed by atoms with Crippen molar-refractivity contribution >= 4 is 34.9 Å². The molecule has 0 aliphatic heterocycles. The van der Waals surface area contributed by atoms with E-state index < -0.39 is 10.8 Å². The summed E-state index contributed by atoms with van der Waals surface area (Å²) in [6.45, 7) is 4.31. The van der Waals surface area contributed by atoms with Crippen LogP contribution in [-0.4, -0.2) is 39.6 Å². The van der Waals surface area contributed by atoms with Gasteiger partial charge in [-0.05, 0) is 52.9 Å². The summed E-state index contributed by atoms with van der Waals surface area (Å²) in [5.41, 5.74) is 1.35. The monoisotopic (exact) mass is 493 g/mol. The average molecular weight is 494 g/mol. The number of amides is 2. The lowest BCUT2D eigenvalue weighted by atomic mass is 10.2. The maximum atomic E-state index is 13.3. The molecule has 1 heterocycles. The number of nitrogens with zero attached hydrogens (tertiary/aromatic N) is 3. The standard InChI is InChI=1S/C26H24FN3O4S/c1-2-15-28(25(31)14-9-20-7-12-23(13-8-20)30(33)34)19-26(32)29(18-24-4-3-16-35-24)17-21-5-10-22(27)11-6-21/h2-14,16H,1,15,17-19H2. The first-order valence-corrected chi connectivity index (χ1v) is 11.6. The lowest BCUT2D eigenvalue weighted by Crippen LogP contribution is -2.42. The number of halogens is 1. The Kier molecular flexibility index (Phi) is 9.02. The minimum atomic E-state index is -0.496. The predicted molar refractivity (Wildman–Crippen MR) is 134 cm³/mol.